The predicted octanol–water partition coefficient (Wildman–Crippen LogP) is 3.20. The van der Waals surface area contributed by atoms with Crippen molar-refractivity contribution in [3.63, 3.8) is 0 Å². The van der Waals surface area contributed by atoms with Gasteiger partial charge in [-0.05, 0) is 23.9 Å². The number of hydrogen-bond donors (Lipinski definition) is 0. The Morgan fingerprint density at radius 1 is 1.07 bits per heavy atom. The molecule has 5 rings (SSSR count). The molecular weight excluding hydrogens is 386 g/mol. The van der Waals surface area contributed by atoms with Gasteiger partial charge in [0.15, 0.2) is 0 Å². The third kappa shape index (κ3) is 2.58. The molecule has 0 radical (unpaired) electrons. The van der Waals surface area contributed by atoms with E-state index in [-0.39, 0.29) is 17.4 Å². The molecule has 0 fully saturated rings. The van der Waals surface area contributed by atoms with Gasteiger partial charge < -0.3 is 9.30 Å². The van der Waals surface area contributed by atoms with E-state index in [4.69, 9.17) is 4.74 Å². The molecule has 0 saturated heterocycles. The van der Waals surface area contributed by atoms with E-state index in [2.05, 4.69) is 4.57 Å². The van der Waals surface area contributed by atoms with Crippen molar-refractivity contribution in [2.24, 2.45) is 14.1 Å². The number of nitrogens with zero attached hydrogens (tertiary/aromatic N) is 3. The summed E-state index contributed by atoms with van der Waals surface area (Å²) in [6.45, 7) is 3.22. The molecule has 6 nitrogen and oxygen atoms in total. The maximum atomic E-state index is 13.3. The molecule has 1 atom stereocenters. The van der Waals surface area contributed by atoms with Gasteiger partial charge in [0.25, 0.3) is 5.56 Å². The summed E-state index contributed by atoms with van der Waals surface area (Å²) in [5.74, 6) is 0. The highest BCUT2D eigenvalue weighted by Gasteiger charge is 2.33. The molecular formula is C22H21N3O3S. The highest BCUT2D eigenvalue weighted by Crippen LogP contribution is 2.41. The van der Waals surface area contributed by atoms with E-state index in [1.165, 1.54) is 11.6 Å². The van der Waals surface area contributed by atoms with Crippen molar-refractivity contribution in [3.05, 3.63) is 78.8 Å². The summed E-state index contributed by atoms with van der Waals surface area (Å²) in [5, 5.41) is 2.59. The van der Waals surface area contributed by atoms with E-state index >= 15 is 0 Å². The molecule has 29 heavy (non-hydrogen) atoms. The molecule has 4 heterocycles. The summed E-state index contributed by atoms with van der Waals surface area (Å²) in [7, 11) is 3.26. The number of benzene rings is 1. The smallest absolute Gasteiger partial charge is 0.331 e. The first-order chi connectivity index (χ1) is 14.0. The van der Waals surface area contributed by atoms with Gasteiger partial charge in [0.2, 0.25) is 0 Å². The minimum absolute atomic E-state index is 0.273. The van der Waals surface area contributed by atoms with Crippen molar-refractivity contribution < 1.29 is 4.74 Å². The maximum Gasteiger partial charge on any atom is 0.331 e. The number of ether oxygens (including phenoxy) is 1. The summed E-state index contributed by atoms with van der Waals surface area (Å²) in [5.41, 5.74) is 3.91. The van der Waals surface area contributed by atoms with Crippen LogP contribution in [-0.4, -0.2) is 20.3 Å². The first-order valence-corrected chi connectivity index (χ1v) is 10.4. The van der Waals surface area contributed by atoms with Crippen LogP contribution in [0.15, 0.2) is 51.4 Å². The number of aromatic nitrogens is 3. The maximum absolute atomic E-state index is 13.3. The van der Waals surface area contributed by atoms with Crippen LogP contribution < -0.4 is 11.2 Å². The zero-order chi connectivity index (χ0) is 20.3. The Labute approximate surface area is 171 Å². The van der Waals surface area contributed by atoms with Crippen LogP contribution in [0.2, 0.25) is 0 Å². The Bertz CT molecular complexity index is 1340. The SMILES string of the molecule is Cc1ccc(-c2c3c(=O)n(C)c(=O)n(C)c3c3n2CCOC3c2cccs2)cc1. The number of thiophene rings is 1. The average molecular weight is 407 g/mol. The van der Waals surface area contributed by atoms with E-state index in [0.29, 0.717) is 24.1 Å². The summed E-state index contributed by atoms with van der Waals surface area (Å²) in [6, 6.07) is 12.2. The van der Waals surface area contributed by atoms with Crippen LogP contribution in [-0.2, 0) is 25.4 Å². The first kappa shape index (κ1) is 18.1. The van der Waals surface area contributed by atoms with Crippen LogP contribution >= 0.6 is 11.3 Å². The second-order valence-electron chi connectivity index (χ2n) is 7.45. The number of rotatable bonds is 2. The van der Waals surface area contributed by atoms with Crippen molar-refractivity contribution in [1.29, 1.82) is 0 Å². The minimum atomic E-state index is -0.332. The Hall–Kier alpha value is -2.90. The van der Waals surface area contributed by atoms with Crippen LogP contribution in [0, 0.1) is 6.92 Å². The zero-order valence-corrected chi connectivity index (χ0v) is 17.3. The Morgan fingerprint density at radius 2 is 1.83 bits per heavy atom. The largest absolute Gasteiger partial charge is 0.364 e. The van der Waals surface area contributed by atoms with E-state index in [0.717, 1.165) is 27.4 Å². The molecule has 0 aliphatic carbocycles. The molecule has 3 aromatic heterocycles. The van der Waals surface area contributed by atoms with Crippen molar-refractivity contribution in [2.75, 3.05) is 6.61 Å². The van der Waals surface area contributed by atoms with Gasteiger partial charge in [0.1, 0.15) is 6.10 Å². The Kier molecular flexibility index (Phi) is 4.11. The lowest BCUT2D eigenvalue weighted by molar-refractivity contribution is 0.0500. The van der Waals surface area contributed by atoms with E-state index in [1.807, 2.05) is 48.7 Å². The fourth-order valence-electron chi connectivity index (χ4n) is 4.25. The molecule has 1 aromatic carbocycles. The highest BCUT2D eigenvalue weighted by molar-refractivity contribution is 7.10. The molecule has 0 saturated carbocycles. The second-order valence-corrected chi connectivity index (χ2v) is 8.43. The lowest BCUT2D eigenvalue weighted by Gasteiger charge is -2.26. The lowest BCUT2D eigenvalue weighted by Crippen LogP contribution is -2.37. The first-order valence-electron chi connectivity index (χ1n) is 9.53. The summed E-state index contributed by atoms with van der Waals surface area (Å²) < 4.78 is 11.1. The van der Waals surface area contributed by atoms with E-state index in [9.17, 15) is 9.59 Å². The quantitative estimate of drug-likeness (QED) is 0.513. The predicted molar refractivity (Wildman–Crippen MR) is 115 cm³/mol. The molecule has 0 spiro atoms. The average Bonchev–Trinajstić information content (AvgIpc) is 3.37. The van der Waals surface area contributed by atoms with Gasteiger partial charge in [-0.1, -0.05) is 35.9 Å². The van der Waals surface area contributed by atoms with Crippen molar-refractivity contribution >= 4 is 22.2 Å². The third-order valence-electron chi connectivity index (χ3n) is 5.68. The van der Waals surface area contributed by atoms with Crippen molar-refractivity contribution in [1.82, 2.24) is 13.7 Å². The van der Waals surface area contributed by atoms with E-state index in [1.54, 1.807) is 23.0 Å². The molecule has 148 valence electrons. The topological polar surface area (TPSA) is 58.2 Å². The fourth-order valence-corrected chi connectivity index (χ4v) is 5.02. The number of fused-ring (bicyclic) bond motifs is 3. The number of aryl methyl sites for hydroxylation is 2. The van der Waals surface area contributed by atoms with Gasteiger partial charge in [0.05, 0.1) is 28.9 Å². The fraction of sp³-hybridized carbons (Fsp3) is 0.273. The van der Waals surface area contributed by atoms with Crippen molar-refractivity contribution in [2.45, 2.75) is 19.6 Å². The molecule has 7 heteroatoms. The molecule has 1 unspecified atom stereocenters. The standard InChI is InChI=1S/C22H21N3O3S/c1-13-6-8-14(9-7-13)17-16-18(23(2)22(27)24(3)21(16)26)19-20(15-5-4-12-29-15)28-11-10-25(17)19/h4-9,12,20H,10-11H2,1-3H3. The summed E-state index contributed by atoms with van der Waals surface area (Å²) in [4.78, 5) is 27.1. The Morgan fingerprint density at radius 3 is 2.52 bits per heavy atom. The molecule has 0 N–H and O–H groups in total. The van der Waals surface area contributed by atoms with Gasteiger partial charge in [0, 0.05) is 25.5 Å². The van der Waals surface area contributed by atoms with Crippen LogP contribution in [0.3, 0.4) is 0 Å². The third-order valence-corrected chi connectivity index (χ3v) is 6.59. The van der Waals surface area contributed by atoms with Crippen molar-refractivity contribution in [3.8, 4) is 11.3 Å². The number of hydrogen-bond acceptors (Lipinski definition) is 4. The highest BCUT2D eigenvalue weighted by atomic mass is 32.1. The molecule has 1 aliphatic heterocycles. The second kappa shape index (κ2) is 6.57. The van der Waals surface area contributed by atoms with Gasteiger partial charge in [-0.15, -0.1) is 11.3 Å². The minimum Gasteiger partial charge on any atom is -0.364 e. The van der Waals surface area contributed by atoms with Crippen LogP contribution in [0.5, 0.6) is 0 Å². The summed E-state index contributed by atoms with van der Waals surface area (Å²) in [6.07, 6.45) is -0.303. The van der Waals surface area contributed by atoms with Gasteiger partial charge in [-0.3, -0.25) is 13.9 Å². The Balaban J connectivity index is 1.97. The normalized spacial score (nSPS) is 16.3. The summed E-state index contributed by atoms with van der Waals surface area (Å²) >= 11 is 1.62. The van der Waals surface area contributed by atoms with Gasteiger partial charge in [-0.2, -0.15) is 0 Å². The molecule has 0 bridgehead atoms. The van der Waals surface area contributed by atoms with Crippen LogP contribution in [0.4, 0.5) is 0 Å². The molecule has 0 amide bonds. The molecule has 4 aromatic rings. The molecule has 1 aliphatic rings. The van der Waals surface area contributed by atoms with Crippen LogP contribution in [0.1, 0.15) is 22.2 Å². The zero-order valence-electron chi connectivity index (χ0n) is 16.5. The van der Waals surface area contributed by atoms with Gasteiger partial charge >= 0.3 is 5.69 Å². The monoisotopic (exact) mass is 407 g/mol. The lowest BCUT2D eigenvalue weighted by atomic mass is 10.1. The van der Waals surface area contributed by atoms with Crippen LogP contribution in [0.25, 0.3) is 22.2 Å². The van der Waals surface area contributed by atoms with Gasteiger partial charge in [-0.25, -0.2) is 4.79 Å². The van der Waals surface area contributed by atoms with E-state index < -0.39 is 0 Å².